The van der Waals surface area contributed by atoms with E-state index in [4.69, 9.17) is 0 Å². The zero-order valence-electron chi connectivity index (χ0n) is 15.6. The number of nitrogens with zero attached hydrogens (tertiary/aromatic N) is 2. The highest BCUT2D eigenvalue weighted by Gasteiger charge is 2.20. The molecule has 0 bridgehead atoms. The molecule has 0 unspecified atom stereocenters. The van der Waals surface area contributed by atoms with Gasteiger partial charge in [-0.05, 0) is 76.0 Å². The molecule has 2 fully saturated rings. The fourth-order valence-electron chi connectivity index (χ4n) is 3.99. The molecule has 0 aromatic carbocycles. The van der Waals surface area contributed by atoms with Crippen molar-refractivity contribution in [3.8, 4) is 0 Å². The van der Waals surface area contributed by atoms with Crippen LogP contribution in [0, 0.1) is 23.7 Å². The lowest BCUT2D eigenvalue weighted by molar-refractivity contribution is 0.141. The second-order valence-corrected chi connectivity index (χ2v) is 8.09. The molecule has 2 atom stereocenters. The number of hydrogen-bond donors (Lipinski definition) is 0. The van der Waals surface area contributed by atoms with Crippen LogP contribution in [0.3, 0.4) is 0 Å². The van der Waals surface area contributed by atoms with Gasteiger partial charge in [0.05, 0.1) is 0 Å². The maximum absolute atomic E-state index is 2.61. The lowest BCUT2D eigenvalue weighted by atomic mass is 9.87. The summed E-state index contributed by atoms with van der Waals surface area (Å²) in [5, 5.41) is 0. The van der Waals surface area contributed by atoms with Crippen molar-refractivity contribution < 1.29 is 0 Å². The van der Waals surface area contributed by atoms with Crippen molar-refractivity contribution in [2.24, 2.45) is 23.7 Å². The lowest BCUT2D eigenvalue weighted by Gasteiger charge is -2.34. The van der Waals surface area contributed by atoms with Crippen LogP contribution in [-0.4, -0.2) is 49.6 Å². The minimum atomic E-state index is 0.897. The number of rotatable bonds is 3. The van der Waals surface area contributed by atoms with Gasteiger partial charge in [0, 0.05) is 13.1 Å². The van der Waals surface area contributed by atoms with E-state index in [0.717, 1.165) is 23.7 Å². The molecule has 2 rings (SSSR count). The van der Waals surface area contributed by atoms with Gasteiger partial charge in [-0.3, -0.25) is 0 Å². The number of piperidine rings is 2. The largest absolute Gasteiger partial charge is 0.306 e. The Labute approximate surface area is 134 Å². The molecule has 2 heterocycles. The highest BCUT2D eigenvalue weighted by atomic mass is 15.1. The zero-order chi connectivity index (χ0) is 15.8. The Morgan fingerprint density at radius 1 is 1.00 bits per heavy atom. The second kappa shape index (κ2) is 9.84. The summed E-state index contributed by atoms with van der Waals surface area (Å²) in [6, 6.07) is 0. The number of hydrogen-bond acceptors (Lipinski definition) is 2. The molecule has 0 saturated carbocycles. The zero-order valence-corrected chi connectivity index (χ0v) is 15.6. The molecule has 0 aromatic heterocycles. The summed E-state index contributed by atoms with van der Waals surface area (Å²) < 4.78 is 0. The molecule has 0 amide bonds. The van der Waals surface area contributed by atoms with Gasteiger partial charge in [0.25, 0.3) is 0 Å². The van der Waals surface area contributed by atoms with Crippen LogP contribution in [-0.2, 0) is 0 Å². The van der Waals surface area contributed by atoms with E-state index in [1.54, 1.807) is 0 Å². The third kappa shape index (κ3) is 7.65. The Kier molecular flexibility index (Phi) is 8.89. The van der Waals surface area contributed by atoms with Crippen molar-refractivity contribution in [2.75, 3.05) is 39.8 Å². The van der Waals surface area contributed by atoms with E-state index < -0.39 is 0 Å². The lowest BCUT2D eigenvalue weighted by Crippen LogP contribution is -2.38. The van der Waals surface area contributed by atoms with Gasteiger partial charge in [0.1, 0.15) is 0 Å². The predicted octanol–water partition coefficient (Wildman–Crippen LogP) is 4.36. The maximum atomic E-state index is 2.61. The quantitative estimate of drug-likeness (QED) is 0.763. The van der Waals surface area contributed by atoms with Crippen LogP contribution in [0.2, 0.25) is 0 Å². The summed E-state index contributed by atoms with van der Waals surface area (Å²) >= 11 is 0. The SMILES string of the molecule is CC(C)C1CCN(C)CC1.CCCN1C[C@H](C)C[C@H](C)C1. The molecule has 0 spiro atoms. The van der Waals surface area contributed by atoms with Crippen LogP contribution < -0.4 is 0 Å². The van der Waals surface area contributed by atoms with Crippen molar-refractivity contribution in [3.05, 3.63) is 0 Å². The smallest absolute Gasteiger partial charge is 0.000724 e. The molecule has 2 aliphatic rings. The van der Waals surface area contributed by atoms with Gasteiger partial charge in [0.15, 0.2) is 0 Å². The Bertz CT molecular complexity index is 246. The fraction of sp³-hybridized carbons (Fsp3) is 1.00. The molecule has 0 radical (unpaired) electrons. The normalized spacial score (nSPS) is 29.3. The van der Waals surface area contributed by atoms with E-state index in [0.29, 0.717) is 0 Å². The van der Waals surface area contributed by atoms with Gasteiger partial charge >= 0.3 is 0 Å². The molecule has 2 nitrogen and oxygen atoms in total. The van der Waals surface area contributed by atoms with Crippen molar-refractivity contribution in [1.29, 1.82) is 0 Å². The molecule has 2 saturated heterocycles. The fourth-order valence-corrected chi connectivity index (χ4v) is 3.99. The summed E-state index contributed by atoms with van der Waals surface area (Å²) in [6.07, 6.45) is 5.56. The van der Waals surface area contributed by atoms with Crippen LogP contribution in [0.1, 0.15) is 60.3 Å². The molecular formula is C19H40N2. The van der Waals surface area contributed by atoms with Crippen molar-refractivity contribution in [2.45, 2.75) is 60.3 Å². The summed E-state index contributed by atoms with van der Waals surface area (Å²) in [6.45, 7) is 18.3. The Hall–Kier alpha value is -0.0800. The summed E-state index contributed by atoms with van der Waals surface area (Å²) in [5.41, 5.74) is 0. The van der Waals surface area contributed by atoms with E-state index >= 15 is 0 Å². The Morgan fingerprint density at radius 2 is 1.52 bits per heavy atom. The van der Waals surface area contributed by atoms with Gasteiger partial charge in [-0.1, -0.05) is 34.6 Å². The Morgan fingerprint density at radius 3 is 1.95 bits per heavy atom. The predicted molar refractivity (Wildman–Crippen MR) is 94.7 cm³/mol. The first-order valence-corrected chi connectivity index (χ1v) is 9.33. The molecule has 0 aromatic rings. The monoisotopic (exact) mass is 296 g/mol. The van der Waals surface area contributed by atoms with Crippen LogP contribution in [0.4, 0.5) is 0 Å². The van der Waals surface area contributed by atoms with E-state index in [1.807, 2.05) is 0 Å². The average molecular weight is 297 g/mol. The summed E-state index contributed by atoms with van der Waals surface area (Å²) in [7, 11) is 2.22. The topological polar surface area (TPSA) is 6.48 Å². The van der Waals surface area contributed by atoms with Gasteiger partial charge in [-0.2, -0.15) is 0 Å². The van der Waals surface area contributed by atoms with Crippen LogP contribution in [0.25, 0.3) is 0 Å². The summed E-state index contributed by atoms with van der Waals surface area (Å²) in [5.74, 6) is 3.74. The average Bonchev–Trinajstić information content (AvgIpc) is 2.39. The molecule has 0 aliphatic carbocycles. The van der Waals surface area contributed by atoms with Gasteiger partial charge < -0.3 is 9.80 Å². The van der Waals surface area contributed by atoms with Gasteiger partial charge in [-0.15, -0.1) is 0 Å². The third-order valence-corrected chi connectivity index (χ3v) is 5.19. The first-order chi connectivity index (χ1) is 9.92. The first-order valence-electron chi connectivity index (χ1n) is 9.33. The molecule has 126 valence electrons. The number of likely N-dealkylation sites (tertiary alicyclic amines) is 2. The molecule has 2 heteroatoms. The molecule has 0 N–H and O–H groups in total. The van der Waals surface area contributed by atoms with Crippen molar-refractivity contribution >= 4 is 0 Å². The van der Waals surface area contributed by atoms with E-state index in [9.17, 15) is 0 Å². The highest BCUT2D eigenvalue weighted by molar-refractivity contribution is 4.74. The second-order valence-electron chi connectivity index (χ2n) is 8.09. The van der Waals surface area contributed by atoms with E-state index in [1.165, 1.54) is 58.4 Å². The van der Waals surface area contributed by atoms with Gasteiger partial charge in [-0.25, -0.2) is 0 Å². The van der Waals surface area contributed by atoms with Crippen molar-refractivity contribution in [1.82, 2.24) is 9.80 Å². The molecular weight excluding hydrogens is 256 g/mol. The standard InChI is InChI=1S/C10H21N.C9H19N/c1-4-5-11-7-9(2)6-10(3)8-11;1-8(2)9-4-6-10(3)7-5-9/h9-10H,4-8H2,1-3H3;8-9H,4-7H2,1-3H3/t9-,10+;. The van der Waals surface area contributed by atoms with E-state index in [2.05, 4.69) is 51.5 Å². The Balaban J connectivity index is 0.000000211. The molecule has 2 aliphatic heterocycles. The first kappa shape index (κ1) is 19.0. The van der Waals surface area contributed by atoms with E-state index in [-0.39, 0.29) is 0 Å². The van der Waals surface area contributed by atoms with Gasteiger partial charge in [0.2, 0.25) is 0 Å². The highest BCUT2D eigenvalue weighted by Crippen LogP contribution is 2.23. The van der Waals surface area contributed by atoms with Crippen LogP contribution in [0.5, 0.6) is 0 Å². The third-order valence-electron chi connectivity index (χ3n) is 5.19. The van der Waals surface area contributed by atoms with Crippen molar-refractivity contribution in [3.63, 3.8) is 0 Å². The summed E-state index contributed by atoms with van der Waals surface area (Å²) in [4.78, 5) is 5.04. The van der Waals surface area contributed by atoms with Crippen LogP contribution >= 0.6 is 0 Å². The van der Waals surface area contributed by atoms with Crippen LogP contribution in [0.15, 0.2) is 0 Å². The maximum Gasteiger partial charge on any atom is 0.000724 e. The minimum Gasteiger partial charge on any atom is -0.306 e. The minimum absolute atomic E-state index is 0.897. The molecule has 21 heavy (non-hydrogen) atoms.